The molecule has 1 saturated heterocycles. The van der Waals surface area contributed by atoms with E-state index in [0.29, 0.717) is 34.2 Å². The van der Waals surface area contributed by atoms with Gasteiger partial charge in [-0.1, -0.05) is 0 Å². The molecule has 0 bridgehead atoms. The van der Waals surface area contributed by atoms with E-state index in [9.17, 15) is 4.39 Å². The van der Waals surface area contributed by atoms with Gasteiger partial charge in [0, 0.05) is 61.6 Å². The van der Waals surface area contributed by atoms with Crippen LogP contribution < -0.4 is 19.1 Å². The van der Waals surface area contributed by atoms with E-state index in [1.54, 1.807) is 50.7 Å². The SMILES string of the molecule is COc1cc2nccc(Oc3ccc(N4CCN(C(C)C)CC4)cc3F)c2cc1OC. The average Bonchev–Trinajstić information content (AvgIpc) is 2.79. The minimum Gasteiger partial charge on any atom is -0.493 e. The third-order valence-electron chi connectivity index (χ3n) is 5.75. The van der Waals surface area contributed by atoms with E-state index in [1.165, 1.54) is 0 Å². The van der Waals surface area contributed by atoms with Crippen molar-refractivity contribution in [2.75, 3.05) is 45.3 Å². The maximum absolute atomic E-state index is 14.9. The van der Waals surface area contributed by atoms with Crippen LogP contribution in [0.5, 0.6) is 23.0 Å². The molecule has 1 fully saturated rings. The smallest absolute Gasteiger partial charge is 0.167 e. The summed E-state index contributed by atoms with van der Waals surface area (Å²) in [5.41, 5.74) is 1.55. The number of rotatable bonds is 6. The number of hydrogen-bond donors (Lipinski definition) is 0. The van der Waals surface area contributed by atoms with Gasteiger partial charge in [0.2, 0.25) is 0 Å². The number of pyridine rings is 1. The molecule has 0 N–H and O–H groups in total. The molecule has 2 heterocycles. The topological polar surface area (TPSA) is 47.1 Å². The lowest BCUT2D eigenvalue weighted by atomic mass is 10.1. The summed E-state index contributed by atoms with van der Waals surface area (Å²) in [7, 11) is 3.14. The highest BCUT2D eigenvalue weighted by atomic mass is 19.1. The van der Waals surface area contributed by atoms with E-state index in [0.717, 1.165) is 31.9 Å². The minimum atomic E-state index is -0.394. The fourth-order valence-electron chi connectivity index (χ4n) is 3.92. The first-order valence-electron chi connectivity index (χ1n) is 10.5. The first-order chi connectivity index (χ1) is 15.0. The van der Waals surface area contributed by atoms with Crippen molar-refractivity contribution >= 4 is 16.6 Å². The number of benzene rings is 2. The standard InChI is InChI=1S/C24H28FN3O3/c1-16(2)27-9-11-28(12-10-27)17-5-6-22(19(25)13-17)31-21-7-8-26-20-15-24(30-4)23(29-3)14-18(20)21/h5-8,13-16H,9-12H2,1-4H3. The van der Waals surface area contributed by atoms with Gasteiger partial charge in [0.05, 0.1) is 19.7 Å². The molecule has 1 aromatic heterocycles. The fourth-order valence-corrected chi connectivity index (χ4v) is 3.92. The van der Waals surface area contributed by atoms with E-state index >= 15 is 0 Å². The van der Waals surface area contributed by atoms with Gasteiger partial charge in [-0.05, 0) is 38.1 Å². The minimum absolute atomic E-state index is 0.173. The molecule has 0 amide bonds. The van der Waals surface area contributed by atoms with Crippen molar-refractivity contribution in [3.8, 4) is 23.0 Å². The van der Waals surface area contributed by atoms with Gasteiger partial charge in [0.25, 0.3) is 0 Å². The van der Waals surface area contributed by atoms with Crippen LogP contribution in [0.4, 0.5) is 10.1 Å². The molecule has 0 saturated carbocycles. The average molecular weight is 426 g/mol. The van der Waals surface area contributed by atoms with E-state index in [-0.39, 0.29) is 5.75 Å². The Hall–Kier alpha value is -3.06. The molecule has 0 unspecified atom stereocenters. The van der Waals surface area contributed by atoms with Crippen LogP contribution in [0.15, 0.2) is 42.6 Å². The van der Waals surface area contributed by atoms with Crippen molar-refractivity contribution < 1.29 is 18.6 Å². The van der Waals surface area contributed by atoms with Crippen molar-refractivity contribution in [3.05, 3.63) is 48.4 Å². The molecule has 0 spiro atoms. The van der Waals surface area contributed by atoms with E-state index in [4.69, 9.17) is 14.2 Å². The van der Waals surface area contributed by atoms with Crippen LogP contribution in [-0.2, 0) is 0 Å². The Labute approximate surface area is 182 Å². The molecule has 1 aliphatic rings. The van der Waals surface area contributed by atoms with E-state index in [1.807, 2.05) is 6.07 Å². The Morgan fingerprint density at radius 3 is 2.23 bits per heavy atom. The highest BCUT2D eigenvalue weighted by Gasteiger charge is 2.20. The van der Waals surface area contributed by atoms with Gasteiger partial charge < -0.3 is 19.1 Å². The predicted molar refractivity (Wildman–Crippen MR) is 120 cm³/mol. The van der Waals surface area contributed by atoms with Crippen molar-refractivity contribution in [2.45, 2.75) is 19.9 Å². The molecule has 0 radical (unpaired) electrons. The lowest BCUT2D eigenvalue weighted by Gasteiger charge is -2.38. The summed E-state index contributed by atoms with van der Waals surface area (Å²) in [6.07, 6.45) is 1.63. The number of aromatic nitrogens is 1. The van der Waals surface area contributed by atoms with Crippen molar-refractivity contribution in [1.29, 1.82) is 0 Å². The van der Waals surface area contributed by atoms with E-state index in [2.05, 4.69) is 28.6 Å². The lowest BCUT2D eigenvalue weighted by molar-refractivity contribution is 0.209. The summed E-state index contributed by atoms with van der Waals surface area (Å²) in [6, 6.07) is 11.0. The molecule has 0 aliphatic carbocycles. The molecule has 1 aliphatic heterocycles. The van der Waals surface area contributed by atoms with Gasteiger partial charge in [0.1, 0.15) is 5.75 Å². The van der Waals surface area contributed by atoms with Crippen LogP contribution in [-0.4, -0.2) is 56.3 Å². The zero-order valence-corrected chi connectivity index (χ0v) is 18.4. The zero-order valence-electron chi connectivity index (χ0n) is 18.4. The van der Waals surface area contributed by atoms with E-state index < -0.39 is 5.82 Å². The molecular formula is C24H28FN3O3. The molecule has 164 valence electrons. The summed E-state index contributed by atoms with van der Waals surface area (Å²) in [5.74, 6) is 1.42. The Kier molecular flexibility index (Phi) is 6.13. The van der Waals surface area contributed by atoms with Crippen molar-refractivity contribution in [1.82, 2.24) is 9.88 Å². The highest BCUT2D eigenvalue weighted by molar-refractivity contribution is 5.88. The number of piperazine rings is 1. The summed E-state index contributed by atoms with van der Waals surface area (Å²) in [4.78, 5) is 9.01. The maximum atomic E-state index is 14.9. The van der Waals surface area contributed by atoms with Gasteiger partial charge in [-0.3, -0.25) is 9.88 Å². The number of ether oxygens (including phenoxy) is 3. The van der Waals surface area contributed by atoms with Crippen LogP contribution >= 0.6 is 0 Å². The Morgan fingerprint density at radius 1 is 0.871 bits per heavy atom. The zero-order chi connectivity index (χ0) is 22.0. The molecular weight excluding hydrogens is 397 g/mol. The van der Waals surface area contributed by atoms with Crippen LogP contribution in [0.1, 0.15) is 13.8 Å². The summed E-state index contributed by atoms with van der Waals surface area (Å²) < 4.78 is 31.6. The number of methoxy groups -OCH3 is 2. The highest BCUT2D eigenvalue weighted by Crippen LogP contribution is 2.37. The van der Waals surface area contributed by atoms with Gasteiger partial charge in [-0.15, -0.1) is 0 Å². The molecule has 31 heavy (non-hydrogen) atoms. The second-order valence-electron chi connectivity index (χ2n) is 7.87. The maximum Gasteiger partial charge on any atom is 0.167 e. The Bertz CT molecular complexity index is 1070. The normalized spacial score (nSPS) is 14.8. The van der Waals surface area contributed by atoms with Crippen LogP contribution in [0, 0.1) is 5.82 Å². The molecule has 6 nitrogen and oxygen atoms in total. The summed E-state index contributed by atoms with van der Waals surface area (Å²) in [6.45, 7) is 8.13. The van der Waals surface area contributed by atoms with Crippen molar-refractivity contribution in [3.63, 3.8) is 0 Å². The first kappa shape index (κ1) is 21.2. The molecule has 2 aromatic carbocycles. The monoisotopic (exact) mass is 425 g/mol. The number of anilines is 1. The number of fused-ring (bicyclic) bond motifs is 1. The second kappa shape index (κ2) is 8.98. The molecule has 7 heteroatoms. The van der Waals surface area contributed by atoms with Gasteiger partial charge in [0.15, 0.2) is 23.1 Å². The second-order valence-corrected chi connectivity index (χ2v) is 7.87. The van der Waals surface area contributed by atoms with Gasteiger partial charge in [-0.25, -0.2) is 4.39 Å². The third-order valence-corrected chi connectivity index (χ3v) is 5.75. The number of halogens is 1. The predicted octanol–water partition coefficient (Wildman–Crippen LogP) is 4.71. The Morgan fingerprint density at radius 2 is 1.58 bits per heavy atom. The van der Waals surface area contributed by atoms with Crippen LogP contribution in [0.3, 0.4) is 0 Å². The first-order valence-corrected chi connectivity index (χ1v) is 10.5. The number of nitrogens with zero attached hydrogens (tertiary/aromatic N) is 3. The summed E-state index contributed by atoms with van der Waals surface area (Å²) >= 11 is 0. The van der Waals surface area contributed by atoms with Gasteiger partial charge >= 0.3 is 0 Å². The fraction of sp³-hybridized carbons (Fsp3) is 0.375. The van der Waals surface area contributed by atoms with Gasteiger partial charge in [-0.2, -0.15) is 0 Å². The lowest BCUT2D eigenvalue weighted by Crippen LogP contribution is -2.48. The number of hydrogen-bond acceptors (Lipinski definition) is 6. The van der Waals surface area contributed by atoms with Crippen LogP contribution in [0.2, 0.25) is 0 Å². The quantitative estimate of drug-likeness (QED) is 0.570. The Balaban J connectivity index is 1.57. The van der Waals surface area contributed by atoms with Crippen molar-refractivity contribution in [2.24, 2.45) is 0 Å². The molecule has 0 atom stereocenters. The summed E-state index contributed by atoms with van der Waals surface area (Å²) in [5, 5.41) is 0.716. The largest absolute Gasteiger partial charge is 0.493 e. The molecule has 4 rings (SSSR count). The third kappa shape index (κ3) is 4.37. The molecule has 3 aromatic rings. The van der Waals surface area contributed by atoms with Crippen LogP contribution in [0.25, 0.3) is 10.9 Å².